The molecule has 2 aromatic carbocycles. The van der Waals surface area contributed by atoms with Gasteiger partial charge in [-0.15, -0.1) is 0 Å². The fraction of sp³-hybridized carbons (Fsp3) is 0.115. The van der Waals surface area contributed by atoms with Gasteiger partial charge in [0.2, 0.25) is 0 Å². The number of hydrogen-bond acceptors (Lipinski definition) is 3. The number of pyridine rings is 2. The van der Waals surface area contributed by atoms with E-state index in [1.807, 2.05) is 0 Å². The normalized spacial score (nSPS) is 11.8. The van der Waals surface area contributed by atoms with Crippen molar-refractivity contribution in [2.75, 3.05) is 0 Å². The third kappa shape index (κ3) is 4.74. The molecule has 5 rings (SSSR count). The second kappa shape index (κ2) is 9.23. The number of fused-ring (bicyclic) bond motifs is 2. The number of carbonyl (C=O) groups excluding carboxylic acids is 1. The summed E-state index contributed by atoms with van der Waals surface area (Å²) in [7, 11) is 0. The number of rotatable bonds is 5. The number of carbonyl (C=O) groups is 1. The maximum absolute atomic E-state index is 14.8. The lowest BCUT2D eigenvalue weighted by molar-refractivity contribution is -0.137. The Balaban J connectivity index is 1.31. The Hall–Kier alpha value is -3.98. The van der Waals surface area contributed by atoms with Gasteiger partial charge in [0.15, 0.2) is 0 Å². The van der Waals surface area contributed by atoms with Crippen molar-refractivity contribution >= 4 is 39.3 Å². The molecule has 0 aliphatic heterocycles. The number of nitrogens with zero attached hydrogens (tertiary/aromatic N) is 2. The molecule has 10 heteroatoms. The van der Waals surface area contributed by atoms with Gasteiger partial charge in [-0.2, -0.15) is 13.2 Å². The van der Waals surface area contributed by atoms with Crippen molar-refractivity contribution < 1.29 is 22.4 Å². The van der Waals surface area contributed by atoms with Crippen LogP contribution in [0.5, 0.6) is 0 Å². The van der Waals surface area contributed by atoms with Crippen LogP contribution >= 0.6 is 11.6 Å². The van der Waals surface area contributed by atoms with Gasteiger partial charge in [-0.25, -0.2) is 4.39 Å². The lowest BCUT2D eigenvalue weighted by Gasteiger charge is -2.10. The molecule has 0 aliphatic carbocycles. The smallest absolute Gasteiger partial charge is 0.360 e. The molecule has 0 saturated heterocycles. The van der Waals surface area contributed by atoms with Crippen LogP contribution in [0.1, 0.15) is 32.7 Å². The quantitative estimate of drug-likeness (QED) is 0.266. The van der Waals surface area contributed by atoms with Crippen LogP contribution in [0.25, 0.3) is 21.8 Å². The monoisotopic (exact) mass is 512 g/mol. The minimum absolute atomic E-state index is 0.0427. The molecular formula is C26H17ClF4N4O. The van der Waals surface area contributed by atoms with Crippen LogP contribution in [0, 0.1) is 5.82 Å². The summed E-state index contributed by atoms with van der Waals surface area (Å²) in [6, 6.07) is 12.4. The summed E-state index contributed by atoms with van der Waals surface area (Å²) < 4.78 is 53.9. The molecule has 0 unspecified atom stereocenters. The fourth-order valence-corrected chi connectivity index (χ4v) is 4.21. The number of aromatic amines is 1. The van der Waals surface area contributed by atoms with Crippen molar-refractivity contribution in [1.29, 1.82) is 0 Å². The molecule has 3 aromatic heterocycles. The Bertz CT molecular complexity index is 1610. The summed E-state index contributed by atoms with van der Waals surface area (Å²) >= 11 is 6.03. The van der Waals surface area contributed by atoms with Crippen molar-refractivity contribution in [3.8, 4) is 0 Å². The minimum atomic E-state index is -4.48. The molecule has 0 saturated carbocycles. The maximum atomic E-state index is 14.8. The van der Waals surface area contributed by atoms with E-state index in [0.717, 1.165) is 12.3 Å². The van der Waals surface area contributed by atoms with Gasteiger partial charge in [0.05, 0.1) is 21.5 Å². The van der Waals surface area contributed by atoms with Crippen LogP contribution < -0.4 is 5.32 Å². The SMILES string of the molecule is O=C(NCc1ccc2[nH]cc(Cl)c2c1F)c1ccnc(Cc2ccc3ncc(C(F)(F)F)cc3c2)c1. The summed E-state index contributed by atoms with van der Waals surface area (Å²) in [5, 5.41) is 3.58. The van der Waals surface area contributed by atoms with Gasteiger partial charge in [0.25, 0.3) is 5.91 Å². The molecule has 0 aliphatic rings. The highest BCUT2D eigenvalue weighted by atomic mass is 35.5. The maximum Gasteiger partial charge on any atom is 0.417 e. The fourth-order valence-electron chi connectivity index (χ4n) is 3.97. The van der Waals surface area contributed by atoms with E-state index < -0.39 is 23.5 Å². The Morgan fingerprint density at radius 3 is 2.69 bits per heavy atom. The average molecular weight is 513 g/mol. The van der Waals surface area contributed by atoms with E-state index in [1.165, 1.54) is 18.5 Å². The van der Waals surface area contributed by atoms with Gasteiger partial charge in [-0.05, 0) is 42.0 Å². The first kappa shape index (κ1) is 23.7. The number of aromatic nitrogens is 3. The van der Waals surface area contributed by atoms with Crippen molar-refractivity contribution in [2.45, 2.75) is 19.1 Å². The lowest BCUT2D eigenvalue weighted by Crippen LogP contribution is -2.23. The molecule has 36 heavy (non-hydrogen) atoms. The van der Waals surface area contributed by atoms with E-state index in [0.29, 0.717) is 39.7 Å². The summed E-state index contributed by atoms with van der Waals surface area (Å²) in [6.07, 6.45) is -0.408. The lowest BCUT2D eigenvalue weighted by atomic mass is 10.0. The predicted octanol–water partition coefficient (Wildman–Crippen LogP) is 6.44. The molecule has 3 heterocycles. The Morgan fingerprint density at radius 1 is 1.06 bits per heavy atom. The van der Waals surface area contributed by atoms with Crippen molar-refractivity contribution in [3.05, 3.63) is 106 Å². The van der Waals surface area contributed by atoms with E-state index in [9.17, 15) is 22.4 Å². The van der Waals surface area contributed by atoms with E-state index in [4.69, 9.17) is 11.6 Å². The molecular weight excluding hydrogens is 496 g/mol. The van der Waals surface area contributed by atoms with E-state index >= 15 is 0 Å². The van der Waals surface area contributed by atoms with Crippen molar-refractivity contribution in [1.82, 2.24) is 20.3 Å². The molecule has 0 radical (unpaired) electrons. The predicted molar refractivity (Wildman–Crippen MR) is 128 cm³/mol. The Labute approximate surface area is 207 Å². The van der Waals surface area contributed by atoms with Gasteiger partial charge in [-0.1, -0.05) is 23.7 Å². The first-order valence-corrected chi connectivity index (χ1v) is 11.2. The highest BCUT2D eigenvalue weighted by Gasteiger charge is 2.31. The third-order valence-corrected chi connectivity index (χ3v) is 6.09. The second-order valence-corrected chi connectivity index (χ2v) is 8.65. The first-order valence-electron chi connectivity index (χ1n) is 10.8. The van der Waals surface area contributed by atoms with E-state index in [-0.39, 0.29) is 22.5 Å². The summed E-state index contributed by atoms with van der Waals surface area (Å²) in [6.45, 7) is -0.0427. The van der Waals surface area contributed by atoms with Crippen LogP contribution in [0.3, 0.4) is 0 Å². The zero-order chi connectivity index (χ0) is 25.4. The molecule has 5 nitrogen and oxygen atoms in total. The number of H-pyrrole nitrogens is 1. The van der Waals surface area contributed by atoms with Crippen LogP contribution in [-0.2, 0) is 19.1 Å². The molecule has 0 spiro atoms. The first-order chi connectivity index (χ1) is 17.2. The highest BCUT2D eigenvalue weighted by Crippen LogP contribution is 2.31. The highest BCUT2D eigenvalue weighted by molar-refractivity contribution is 6.35. The summed E-state index contributed by atoms with van der Waals surface area (Å²) in [5.41, 5.74) is 2.06. The molecule has 0 atom stereocenters. The Kier molecular flexibility index (Phi) is 6.09. The van der Waals surface area contributed by atoms with Crippen LogP contribution in [0.4, 0.5) is 17.6 Å². The topological polar surface area (TPSA) is 70.7 Å². The van der Waals surface area contributed by atoms with Gasteiger partial charge in [0.1, 0.15) is 5.82 Å². The number of hydrogen-bond donors (Lipinski definition) is 2. The zero-order valence-electron chi connectivity index (χ0n) is 18.5. The zero-order valence-corrected chi connectivity index (χ0v) is 19.2. The molecule has 1 amide bonds. The molecule has 182 valence electrons. The molecule has 0 fully saturated rings. The number of halogens is 5. The second-order valence-electron chi connectivity index (χ2n) is 8.24. The standard InChI is InChI=1S/C26H17ClF4N4O/c27-20-13-34-22-4-2-16(24(28)23(20)22)11-35-25(36)15-5-6-32-19(10-15)8-14-1-3-21-17(7-14)9-18(12-33-21)26(29,30)31/h1-7,9-10,12-13,34H,8,11H2,(H,35,36). The Morgan fingerprint density at radius 2 is 1.89 bits per heavy atom. The third-order valence-electron chi connectivity index (χ3n) is 5.79. The average Bonchev–Trinajstić information content (AvgIpc) is 3.24. The molecule has 2 N–H and O–H groups in total. The summed E-state index contributed by atoms with van der Waals surface area (Å²) in [5.74, 6) is -0.926. The van der Waals surface area contributed by atoms with Crippen LogP contribution in [-0.4, -0.2) is 20.9 Å². The number of amides is 1. The molecule has 0 bridgehead atoms. The minimum Gasteiger partial charge on any atom is -0.360 e. The van der Waals surface area contributed by atoms with Crippen LogP contribution in [0.15, 0.2) is 67.1 Å². The number of alkyl halides is 3. The summed E-state index contributed by atoms with van der Waals surface area (Å²) in [4.78, 5) is 23.7. The van der Waals surface area contributed by atoms with Gasteiger partial charge in [0, 0.05) is 59.3 Å². The van der Waals surface area contributed by atoms with E-state index in [1.54, 1.807) is 36.4 Å². The largest absolute Gasteiger partial charge is 0.417 e. The molecule has 5 aromatic rings. The van der Waals surface area contributed by atoms with Gasteiger partial charge in [-0.3, -0.25) is 14.8 Å². The van der Waals surface area contributed by atoms with Gasteiger partial charge < -0.3 is 10.3 Å². The van der Waals surface area contributed by atoms with Crippen molar-refractivity contribution in [2.24, 2.45) is 0 Å². The number of nitrogens with one attached hydrogen (secondary N) is 2. The van der Waals surface area contributed by atoms with Crippen LogP contribution in [0.2, 0.25) is 5.02 Å². The number of benzene rings is 2. The van der Waals surface area contributed by atoms with Crippen molar-refractivity contribution in [3.63, 3.8) is 0 Å². The van der Waals surface area contributed by atoms with Gasteiger partial charge >= 0.3 is 6.18 Å². The van der Waals surface area contributed by atoms with E-state index in [2.05, 4.69) is 20.3 Å².